The zero-order valence-electron chi connectivity index (χ0n) is 7.41. The molecule has 8 nitrogen and oxygen atoms in total. The Bertz CT molecular complexity index is 397. The van der Waals surface area contributed by atoms with Gasteiger partial charge in [-0.3, -0.25) is 4.79 Å². The maximum absolute atomic E-state index is 10.5. The molecule has 1 aromatic heterocycles. The number of hydrogen-bond acceptors (Lipinski definition) is 7. The lowest BCUT2D eigenvalue weighted by molar-refractivity contribution is -0.142. The molecule has 8 heteroatoms. The first-order chi connectivity index (χ1) is 7.13. The van der Waals surface area contributed by atoms with E-state index in [1.807, 2.05) is 0 Å². The molecule has 80 valence electrons. The van der Waals surface area contributed by atoms with Crippen LogP contribution in [0.4, 0.5) is 5.88 Å². The van der Waals surface area contributed by atoms with Gasteiger partial charge >= 0.3 is 5.97 Å². The summed E-state index contributed by atoms with van der Waals surface area (Å²) in [4.78, 5) is 24.9. The molecule has 0 aliphatic rings. The molecule has 0 saturated heterocycles. The monoisotopic (exact) mass is 213 g/mol. The van der Waals surface area contributed by atoms with Crippen LogP contribution in [0.25, 0.3) is 0 Å². The van der Waals surface area contributed by atoms with Gasteiger partial charge in [-0.1, -0.05) is 10.3 Å². The van der Waals surface area contributed by atoms with E-state index in [1.54, 1.807) is 0 Å². The summed E-state index contributed by atoms with van der Waals surface area (Å²) >= 11 is 0. The lowest BCUT2D eigenvalue weighted by Crippen LogP contribution is -2.08. The molecule has 1 heterocycles. The van der Waals surface area contributed by atoms with Crippen LogP contribution in [0.15, 0.2) is 15.7 Å². The van der Waals surface area contributed by atoms with E-state index in [0.29, 0.717) is 6.29 Å². The predicted octanol–water partition coefficient (Wildman–Crippen LogP) is -0.739. The summed E-state index contributed by atoms with van der Waals surface area (Å²) in [6, 6.07) is 1.26. The minimum Gasteiger partial charge on any atom is -0.479 e. The van der Waals surface area contributed by atoms with Gasteiger partial charge in [0.2, 0.25) is 12.5 Å². The lowest BCUT2D eigenvalue weighted by atomic mass is 10.3. The number of rotatable bonds is 5. The van der Waals surface area contributed by atoms with E-state index in [0.717, 1.165) is 0 Å². The van der Waals surface area contributed by atoms with Crippen LogP contribution in [0.5, 0.6) is 0 Å². The molecular weight excluding hydrogens is 206 g/mol. The van der Waals surface area contributed by atoms with Crippen molar-refractivity contribution < 1.29 is 24.1 Å². The molecule has 0 fully saturated rings. The summed E-state index contributed by atoms with van der Waals surface area (Å²) in [6.07, 6.45) is 0.346. The van der Waals surface area contributed by atoms with Gasteiger partial charge in [-0.05, 0) is 0 Å². The fourth-order valence-electron chi connectivity index (χ4n) is 0.696. The summed E-state index contributed by atoms with van der Waals surface area (Å²) in [5.74, 6) is -1.19. The summed E-state index contributed by atoms with van der Waals surface area (Å²) in [5.41, 5.74) is 5.09. The molecule has 0 amide bonds. The van der Waals surface area contributed by atoms with Gasteiger partial charge in [-0.25, -0.2) is 4.79 Å². The molecule has 15 heavy (non-hydrogen) atoms. The van der Waals surface area contributed by atoms with Crippen LogP contribution in [-0.4, -0.2) is 34.8 Å². The smallest absolute Gasteiger partial charge is 0.344 e. The number of hydrogen-bond donors (Lipinski definition) is 2. The first kappa shape index (κ1) is 10.7. The van der Waals surface area contributed by atoms with Crippen molar-refractivity contribution in [3.05, 3.63) is 11.8 Å². The number of nitrogens with zero attached hydrogens (tertiary/aromatic N) is 2. The number of nitrogen functional groups attached to an aromatic ring is 1. The van der Waals surface area contributed by atoms with Crippen molar-refractivity contribution in [2.24, 2.45) is 5.16 Å². The lowest BCUT2D eigenvalue weighted by Gasteiger charge is -1.94. The zero-order chi connectivity index (χ0) is 11.3. The van der Waals surface area contributed by atoms with E-state index in [1.165, 1.54) is 6.07 Å². The number of carbonyl (C=O) groups excluding carboxylic acids is 1. The van der Waals surface area contributed by atoms with Gasteiger partial charge in [0.05, 0.1) is 0 Å². The number of aldehydes is 1. The second-order valence-corrected chi connectivity index (χ2v) is 2.38. The standard InChI is InChI=1S/C7H7N3O5/c8-6-1-4(10-15-6)5(2-11)9-14-3-7(12)13/h1-2H,3,8H2,(H,12,13). The van der Waals surface area contributed by atoms with Crippen molar-refractivity contribution in [2.45, 2.75) is 0 Å². The van der Waals surface area contributed by atoms with Crippen molar-refractivity contribution in [1.82, 2.24) is 5.16 Å². The van der Waals surface area contributed by atoms with Crippen molar-refractivity contribution in [3.63, 3.8) is 0 Å². The maximum Gasteiger partial charge on any atom is 0.344 e. The Morgan fingerprint density at radius 3 is 3.00 bits per heavy atom. The van der Waals surface area contributed by atoms with E-state index in [2.05, 4.69) is 19.7 Å². The number of carbonyl (C=O) groups is 2. The molecule has 0 aromatic carbocycles. The van der Waals surface area contributed by atoms with Crippen molar-refractivity contribution in [2.75, 3.05) is 12.3 Å². The second kappa shape index (κ2) is 4.74. The number of carboxylic acid groups (broad SMARTS) is 1. The number of nitrogens with two attached hydrogens (primary N) is 1. The molecule has 0 spiro atoms. The molecule has 0 bridgehead atoms. The highest BCUT2D eigenvalue weighted by Gasteiger charge is 2.09. The fourth-order valence-corrected chi connectivity index (χ4v) is 0.696. The number of carboxylic acids is 1. The molecular formula is C7H7N3O5. The average molecular weight is 213 g/mol. The third-order valence-electron chi connectivity index (χ3n) is 1.25. The third kappa shape index (κ3) is 3.10. The van der Waals surface area contributed by atoms with Gasteiger partial charge in [0.25, 0.3) is 0 Å². The van der Waals surface area contributed by atoms with Gasteiger partial charge in [-0.15, -0.1) is 0 Å². The van der Waals surface area contributed by atoms with Gasteiger partial charge < -0.3 is 20.2 Å². The minimum absolute atomic E-state index is 0.0118. The highest BCUT2D eigenvalue weighted by Crippen LogP contribution is 2.05. The van der Waals surface area contributed by atoms with Gasteiger partial charge in [0.15, 0.2) is 12.0 Å². The van der Waals surface area contributed by atoms with Gasteiger partial charge in [0.1, 0.15) is 5.69 Å². The van der Waals surface area contributed by atoms with Crippen LogP contribution in [0.2, 0.25) is 0 Å². The van der Waals surface area contributed by atoms with Crippen molar-refractivity contribution >= 4 is 23.9 Å². The first-order valence-electron chi connectivity index (χ1n) is 3.73. The van der Waals surface area contributed by atoms with Crippen LogP contribution in [0.1, 0.15) is 5.69 Å². The summed E-state index contributed by atoms with van der Waals surface area (Å²) < 4.78 is 4.49. The molecule has 1 rings (SSSR count). The molecule has 1 aromatic rings. The Labute approximate surface area is 83.3 Å². The number of aliphatic carboxylic acids is 1. The highest BCUT2D eigenvalue weighted by molar-refractivity contribution is 6.35. The summed E-state index contributed by atoms with van der Waals surface area (Å²) in [6.45, 7) is -0.648. The largest absolute Gasteiger partial charge is 0.479 e. The predicted molar refractivity (Wildman–Crippen MR) is 47.1 cm³/mol. The van der Waals surface area contributed by atoms with E-state index >= 15 is 0 Å². The molecule has 0 saturated carbocycles. The molecule has 0 aliphatic heterocycles. The molecule has 0 unspecified atom stereocenters. The summed E-state index contributed by atoms with van der Waals surface area (Å²) in [7, 11) is 0. The topological polar surface area (TPSA) is 128 Å². The fraction of sp³-hybridized carbons (Fsp3) is 0.143. The van der Waals surface area contributed by atoms with Crippen LogP contribution >= 0.6 is 0 Å². The Balaban J connectivity index is 2.71. The maximum atomic E-state index is 10.5. The quantitative estimate of drug-likeness (QED) is 0.374. The van der Waals surface area contributed by atoms with E-state index < -0.39 is 12.6 Å². The van der Waals surface area contributed by atoms with Crippen LogP contribution in [-0.2, 0) is 14.4 Å². The SMILES string of the molecule is Nc1cc(C(C=O)=NOCC(=O)O)no1. The second-order valence-electron chi connectivity index (χ2n) is 2.38. The Morgan fingerprint density at radius 1 is 1.80 bits per heavy atom. The number of oxime groups is 1. The third-order valence-corrected chi connectivity index (χ3v) is 1.25. The van der Waals surface area contributed by atoms with E-state index in [4.69, 9.17) is 10.8 Å². The van der Waals surface area contributed by atoms with E-state index in [-0.39, 0.29) is 17.3 Å². The molecule has 0 atom stereocenters. The minimum atomic E-state index is -1.20. The van der Waals surface area contributed by atoms with Crippen LogP contribution < -0.4 is 5.73 Å². The molecule has 3 N–H and O–H groups in total. The summed E-state index contributed by atoms with van der Waals surface area (Å²) in [5, 5.41) is 14.9. The van der Waals surface area contributed by atoms with E-state index in [9.17, 15) is 9.59 Å². The number of anilines is 1. The Morgan fingerprint density at radius 2 is 2.53 bits per heavy atom. The molecule has 0 aliphatic carbocycles. The Kier molecular flexibility index (Phi) is 3.38. The zero-order valence-corrected chi connectivity index (χ0v) is 7.41. The van der Waals surface area contributed by atoms with Crippen LogP contribution in [0, 0.1) is 0 Å². The van der Waals surface area contributed by atoms with Crippen molar-refractivity contribution in [3.8, 4) is 0 Å². The van der Waals surface area contributed by atoms with Gasteiger partial charge in [-0.2, -0.15) is 0 Å². The highest BCUT2D eigenvalue weighted by atomic mass is 16.6. The molecule has 0 radical (unpaired) electrons. The van der Waals surface area contributed by atoms with Gasteiger partial charge in [0, 0.05) is 6.07 Å². The van der Waals surface area contributed by atoms with Crippen molar-refractivity contribution in [1.29, 1.82) is 0 Å². The normalized spacial score (nSPS) is 11.1. The first-order valence-corrected chi connectivity index (χ1v) is 3.73. The number of aromatic nitrogens is 1. The average Bonchev–Trinajstić information content (AvgIpc) is 2.59. The van der Waals surface area contributed by atoms with Crippen LogP contribution in [0.3, 0.4) is 0 Å². The Hall–Kier alpha value is -2.38.